The fourth-order valence-electron chi connectivity index (χ4n) is 4.35. The number of hydrogen-bond donors (Lipinski definition) is 1. The first kappa shape index (κ1) is 23.1. The van der Waals surface area contributed by atoms with E-state index in [1.165, 1.54) is 5.57 Å². The van der Waals surface area contributed by atoms with E-state index in [1.807, 2.05) is 12.2 Å². The minimum atomic E-state index is -0.317. The van der Waals surface area contributed by atoms with Gasteiger partial charge >= 0.3 is 0 Å². The molecule has 3 nitrogen and oxygen atoms in total. The molecule has 0 heterocycles. The van der Waals surface area contributed by atoms with Crippen molar-refractivity contribution in [2.45, 2.75) is 65.6 Å². The highest BCUT2D eigenvalue weighted by Crippen LogP contribution is 2.44. The van der Waals surface area contributed by atoms with Crippen LogP contribution >= 0.6 is 0 Å². The van der Waals surface area contributed by atoms with E-state index in [9.17, 15) is 5.11 Å². The van der Waals surface area contributed by atoms with Gasteiger partial charge in [0.15, 0.2) is 0 Å². The number of hydrogen-bond acceptors (Lipinski definition) is 3. The number of ether oxygens (including phenoxy) is 2. The number of methoxy groups -OCH3 is 1. The third-order valence-electron chi connectivity index (χ3n) is 6.05. The SMILES string of the molecule is C=CC[C@@H](O)C[C@@H]1[C@@H](C(C)C)CC=C(C)[C@@H]1C[C@H](OCOC)[C@H](C)C=C. The van der Waals surface area contributed by atoms with Crippen LogP contribution in [-0.2, 0) is 9.47 Å². The maximum Gasteiger partial charge on any atom is 0.146 e. The molecule has 0 bridgehead atoms. The molecule has 1 N–H and O–H groups in total. The lowest BCUT2D eigenvalue weighted by Crippen LogP contribution is -2.37. The predicted molar refractivity (Wildman–Crippen MR) is 110 cm³/mol. The molecule has 0 saturated carbocycles. The maximum atomic E-state index is 10.5. The molecule has 0 aliphatic heterocycles. The molecular formula is C23H40O3. The second-order valence-electron chi connectivity index (χ2n) is 8.22. The highest BCUT2D eigenvalue weighted by atomic mass is 16.7. The average Bonchev–Trinajstić information content (AvgIpc) is 2.60. The van der Waals surface area contributed by atoms with Crippen molar-refractivity contribution in [3.05, 3.63) is 37.0 Å². The first-order valence-corrected chi connectivity index (χ1v) is 10.0. The summed E-state index contributed by atoms with van der Waals surface area (Å²) in [6, 6.07) is 0. The molecule has 0 amide bonds. The van der Waals surface area contributed by atoms with Crippen molar-refractivity contribution < 1.29 is 14.6 Å². The van der Waals surface area contributed by atoms with E-state index in [-0.39, 0.29) is 18.1 Å². The molecule has 0 aromatic carbocycles. The van der Waals surface area contributed by atoms with Gasteiger partial charge in [-0.1, -0.05) is 44.6 Å². The van der Waals surface area contributed by atoms with Crippen LogP contribution in [0.4, 0.5) is 0 Å². The van der Waals surface area contributed by atoms with Crippen molar-refractivity contribution in [1.82, 2.24) is 0 Å². The zero-order valence-electron chi connectivity index (χ0n) is 17.5. The lowest BCUT2D eigenvalue weighted by atomic mass is 9.64. The third kappa shape index (κ3) is 6.68. The standard InChI is InChI=1S/C23H40O3/c1-8-10-19(24)13-22-20(16(3)4)12-11-18(6)21(22)14-23(17(5)9-2)26-15-25-7/h8-9,11,16-17,19-24H,1-2,10,12-15H2,3-7H3/t17-,19-,20-,21+,22-,23+/m1/s1. The van der Waals surface area contributed by atoms with E-state index in [2.05, 4.69) is 46.9 Å². The first-order valence-electron chi connectivity index (χ1n) is 10.0. The van der Waals surface area contributed by atoms with Crippen molar-refractivity contribution in [3.8, 4) is 0 Å². The Labute approximate surface area is 161 Å². The van der Waals surface area contributed by atoms with E-state index in [0.29, 0.717) is 36.9 Å². The van der Waals surface area contributed by atoms with Crippen LogP contribution in [0.25, 0.3) is 0 Å². The summed E-state index contributed by atoms with van der Waals surface area (Å²) in [7, 11) is 1.66. The summed E-state index contributed by atoms with van der Waals surface area (Å²) in [5.41, 5.74) is 1.43. The Morgan fingerprint density at radius 2 is 1.96 bits per heavy atom. The summed E-state index contributed by atoms with van der Waals surface area (Å²) in [6.45, 7) is 17.0. The third-order valence-corrected chi connectivity index (χ3v) is 6.05. The van der Waals surface area contributed by atoms with E-state index in [1.54, 1.807) is 7.11 Å². The Hall–Kier alpha value is -0.900. The van der Waals surface area contributed by atoms with Gasteiger partial charge in [-0.15, -0.1) is 13.2 Å². The normalized spacial score (nSPS) is 26.9. The topological polar surface area (TPSA) is 38.7 Å². The largest absolute Gasteiger partial charge is 0.393 e. The van der Waals surface area contributed by atoms with Gasteiger partial charge in [0.05, 0.1) is 12.2 Å². The van der Waals surface area contributed by atoms with Crippen LogP contribution in [0.3, 0.4) is 0 Å². The smallest absolute Gasteiger partial charge is 0.146 e. The van der Waals surface area contributed by atoms with Crippen molar-refractivity contribution in [3.63, 3.8) is 0 Å². The molecule has 0 unspecified atom stereocenters. The van der Waals surface area contributed by atoms with E-state index in [4.69, 9.17) is 9.47 Å². The Balaban J connectivity index is 3.04. The summed E-state index contributed by atoms with van der Waals surface area (Å²) in [4.78, 5) is 0. The second kappa shape index (κ2) is 11.7. The fraction of sp³-hybridized carbons (Fsp3) is 0.739. The zero-order chi connectivity index (χ0) is 19.7. The van der Waals surface area contributed by atoms with Crippen LogP contribution in [0, 0.1) is 29.6 Å². The van der Waals surface area contributed by atoms with Gasteiger partial charge in [-0.2, -0.15) is 0 Å². The second-order valence-corrected chi connectivity index (χ2v) is 8.22. The quantitative estimate of drug-likeness (QED) is 0.374. The summed E-state index contributed by atoms with van der Waals surface area (Å²) >= 11 is 0. The minimum absolute atomic E-state index is 0.0748. The van der Waals surface area contributed by atoms with Crippen LogP contribution in [0.15, 0.2) is 37.0 Å². The summed E-state index contributed by atoms with van der Waals surface area (Å²) in [6.07, 6.45) is 9.46. The number of aliphatic hydroxyl groups excluding tert-OH is 1. The molecule has 0 radical (unpaired) electrons. The maximum absolute atomic E-state index is 10.5. The van der Waals surface area contributed by atoms with Gasteiger partial charge < -0.3 is 14.6 Å². The van der Waals surface area contributed by atoms with Crippen LogP contribution in [0.1, 0.15) is 53.4 Å². The lowest BCUT2D eigenvalue weighted by molar-refractivity contribution is -0.0932. The number of rotatable bonds is 12. The molecule has 3 heteroatoms. The molecule has 0 aromatic heterocycles. The average molecular weight is 365 g/mol. The monoisotopic (exact) mass is 364 g/mol. The zero-order valence-corrected chi connectivity index (χ0v) is 17.5. The molecule has 0 spiro atoms. The fourth-order valence-corrected chi connectivity index (χ4v) is 4.35. The predicted octanol–water partition coefficient (Wildman–Crippen LogP) is 5.37. The summed E-state index contributed by atoms with van der Waals surface area (Å²) in [5, 5.41) is 10.5. The number of allylic oxidation sites excluding steroid dienone is 2. The van der Waals surface area contributed by atoms with Crippen LogP contribution in [0.2, 0.25) is 0 Å². The Morgan fingerprint density at radius 3 is 2.50 bits per heavy atom. The van der Waals surface area contributed by atoms with Gasteiger partial charge in [0.25, 0.3) is 0 Å². The van der Waals surface area contributed by atoms with Crippen molar-refractivity contribution >= 4 is 0 Å². The molecule has 1 rings (SSSR count). The van der Waals surface area contributed by atoms with Gasteiger partial charge in [0.2, 0.25) is 0 Å². The van der Waals surface area contributed by atoms with Crippen LogP contribution < -0.4 is 0 Å². The van der Waals surface area contributed by atoms with Gasteiger partial charge in [0, 0.05) is 13.0 Å². The Morgan fingerprint density at radius 1 is 1.27 bits per heavy atom. The van der Waals surface area contributed by atoms with Crippen molar-refractivity contribution in [2.75, 3.05) is 13.9 Å². The Bertz CT molecular complexity index is 454. The molecule has 1 aliphatic carbocycles. The molecule has 1 aliphatic rings. The van der Waals surface area contributed by atoms with Crippen LogP contribution in [0.5, 0.6) is 0 Å². The first-order chi connectivity index (χ1) is 12.3. The highest BCUT2D eigenvalue weighted by Gasteiger charge is 2.37. The Kier molecular flexibility index (Phi) is 10.4. The van der Waals surface area contributed by atoms with Crippen molar-refractivity contribution in [2.24, 2.45) is 29.6 Å². The van der Waals surface area contributed by atoms with Crippen LogP contribution in [-0.4, -0.2) is 31.2 Å². The number of aliphatic hydroxyl groups is 1. The summed E-state index contributed by atoms with van der Waals surface area (Å²) < 4.78 is 11.1. The molecule has 26 heavy (non-hydrogen) atoms. The van der Waals surface area contributed by atoms with Gasteiger partial charge in [-0.3, -0.25) is 0 Å². The van der Waals surface area contributed by atoms with E-state index < -0.39 is 0 Å². The highest BCUT2D eigenvalue weighted by molar-refractivity contribution is 5.13. The molecule has 150 valence electrons. The molecular weight excluding hydrogens is 324 g/mol. The van der Waals surface area contributed by atoms with E-state index >= 15 is 0 Å². The molecule has 0 aromatic rings. The van der Waals surface area contributed by atoms with Gasteiger partial charge in [-0.05, 0) is 56.3 Å². The van der Waals surface area contributed by atoms with Gasteiger partial charge in [0.1, 0.15) is 6.79 Å². The van der Waals surface area contributed by atoms with E-state index in [0.717, 1.165) is 19.3 Å². The lowest BCUT2D eigenvalue weighted by Gasteiger charge is -2.42. The molecule has 0 saturated heterocycles. The van der Waals surface area contributed by atoms with Gasteiger partial charge in [-0.25, -0.2) is 0 Å². The van der Waals surface area contributed by atoms with Crippen molar-refractivity contribution in [1.29, 1.82) is 0 Å². The molecule has 0 fully saturated rings. The summed E-state index contributed by atoms with van der Waals surface area (Å²) in [5.74, 6) is 2.32. The molecule has 6 atom stereocenters. The minimum Gasteiger partial charge on any atom is -0.393 e.